The predicted molar refractivity (Wildman–Crippen MR) is 95.2 cm³/mol. The normalized spacial score (nSPS) is 12.3. The van der Waals surface area contributed by atoms with Crippen LogP contribution in [-0.4, -0.2) is 28.7 Å². The molecule has 4 heterocycles. The number of rotatable bonds is 2. The molecule has 0 radical (unpaired) electrons. The average molecular weight is 356 g/mol. The van der Waals surface area contributed by atoms with Crippen LogP contribution in [0.2, 0.25) is 0 Å². The van der Waals surface area contributed by atoms with E-state index < -0.39 is 0 Å². The first-order valence-electron chi connectivity index (χ1n) is 7.74. The molecule has 0 aromatic carbocycles. The van der Waals surface area contributed by atoms with Crippen LogP contribution in [0.3, 0.4) is 0 Å². The van der Waals surface area contributed by atoms with Gasteiger partial charge in [0.2, 0.25) is 0 Å². The van der Waals surface area contributed by atoms with Gasteiger partial charge >= 0.3 is 0 Å². The second-order valence-electron chi connectivity index (χ2n) is 6.78. The van der Waals surface area contributed by atoms with Gasteiger partial charge in [0, 0.05) is 17.6 Å². The van der Waals surface area contributed by atoms with Gasteiger partial charge in [-0.15, -0.1) is 11.3 Å². The maximum absolute atomic E-state index is 12.7. The van der Waals surface area contributed by atoms with Gasteiger partial charge in [0.05, 0.1) is 24.0 Å². The Hall–Kier alpha value is -2.81. The molecule has 9 heteroatoms. The van der Waals surface area contributed by atoms with E-state index in [2.05, 4.69) is 15.1 Å². The molecule has 0 fully saturated rings. The molecule has 0 spiro atoms. The summed E-state index contributed by atoms with van der Waals surface area (Å²) >= 11 is 1.37. The fourth-order valence-electron chi connectivity index (χ4n) is 2.70. The molecule has 0 N–H and O–H groups in total. The van der Waals surface area contributed by atoms with Crippen molar-refractivity contribution in [1.29, 1.82) is 0 Å². The fraction of sp³-hybridized carbons (Fsp3) is 0.312. The van der Waals surface area contributed by atoms with E-state index in [1.165, 1.54) is 38.9 Å². The Morgan fingerprint density at radius 2 is 2.04 bits per heavy atom. The van der Waals surface area contributed by atoms with Crippen LogP contribution in [-0.2, 0) is 12.1 Å². The largest absolute Gasteiger partial charge is 0.292 e. The van der Waals surface area contributed by atoms with Gasteiger partial charge in [-0.25, -0.2) is 14.6 Å². The highest BCUT2D eigenvalue weighted by Crippen LogP contribution is 2.17. The number of hydrogen-bond acceptors (Lipinski definition) is 6. The van der Waals surface area contributed by atoms with E-state index in [-0.39, 0.29) is 23.2 Å². The quantitative estimate of drug-likeness (QED) is 0.543. The first kappa shape index (κ1) is 15.7. The highest BCUT2D eigenvalue weighted by Gasteiger charge is 2.19. The zero-order chi connectivity index (χ0) is 17.8. The molecular weight excluding hydrogens is 340 g/mol. The van der Waals surface area contributed by atoms with E-state index in [1.54, 1.807) is 16.3 Å². The lowest BCUT2D eigenvalue weighted by atomic mass is 10.1. The molecule has 0 aliphatic heterocycles. The maximum Gasteiger partial charge on any atom is 0.264 e. The van der Waals surface area contributed by atoms with Crippen LogP contribution in [0.5, 0.6) is 0 Å². The summed E-state index contributed by atoms with van der Waals surface area (Å²) in [6.07, 6.45) is 4.70. The van der Waals surface area contributed by atoms with Crippen LogP contribution >= 0.6 is 11.3 Å². The highest BCUT2D eigenvalue weighted by molar-refractivity contribution is 7.15. The molecule has 0 saturated heterocycles. The summed E-state index contributed by atoms with van der Waals surface area (Å²) in [6, 6.07) is 1.44. The summed E-state index contributed by atoms with van der Waals surface area (Å²) in [7, 11) is 0. The lowest BCUT2D eigenvalue weighted by molar-refractivity contribution is 0.365. The van der Waals surface area contributed by atoms with Gasteiger partial charge in [-0.2, -0.15) is 5.10 Å². The smallest absolute Gasteiger partial charge is 0.264 e. The molecule has 0 atom stereocenters. The van der Waals surface area contributed by atoms with Gasteiger partial charge in [0.1, 0.15) is 11.7 Å². The molecule has 0 aliphatic carbocycles. The summed E-state index contributed by atoms with van der Waals surface area (Å²) in [6.45, 7) is 6.19. The van der Waals surface area contributed by atoms with E-state index in [4.69, 9.17) is 0 Å². The van der Waals surface area contributed by atoms with Crippen LogP contribution in [0, 0.1) is 0 Å². The topological polar surface area (TPSA) is 87.1 Å². The molecule has 25 heavy (non-hydrogen) atoms. The first-order valence-corrected chi connectivity index (χ1v) is 8.62. The maximum atomic E-state index is 12.7. The van der Waals surface area contributed by atoms with Gasteiger partial charge in [-0.3, -0.25) is 18.6 Å². The van der Waals surface area contributed by atoms with E-state index in [9.17, 15) is 9.59 Å². The highest BCUT2D eigenvalue weighted by atomic mass is 32.1. The molecule has 0 aliphatic rings. The van der Waals surface area contributed by atoms with Gasteiger partial charge in [0.25, 0.3) is 11.1 Å². The Bertz CT molecular complexity index is 1210. The SMILES string of the molecule is CC(C)(C)n1ncc2c(=O)n(Cc3cc(=O)n4ccsc4n3)cnc21. The van der Waals surface area contributed by atoms with E-state index >= 15 is 0 Å². The zero-order valence-corrected chi connectivity index (χ0v) is 14.8. The Labute approximate surface area is 146 Å². The minimum Gasteiger partial charge on any atom is -0.292 e. The number of aromatic nitrogens is 6. The second-order valence-corrected chi connectivity index (χ2v) is 7.66. The molecule has 0 bridgehead atoms. The van der Waals surface area contributed by atoms with Crippen molar-refractivity contribution >= 4 is 27.3 Å². The van der Waals surface area contributed by atoms with Crippen molar-refractivity contribution in [2.24, 2.45) is 0 Å². The van der Waals surface area contributed by atoms with Crippen LogP contribution < -0.4 is 11.1 Å². The number of thiazole rings is 1. The van der Waals surface area contributed by atoms with Crippen molar-refractivity contribution in [3.63, 3.8) is 0 Å². The fourth-order valence-corrected chi connectivity index (χ4v) is 3.43. The average Bonchev–Trinajstić information content (AvgIpc) is 3.16. The summed E-state index contributed by atoms with van der Waals surface area (Å²) in [5.41, 5.74) is 0.445. The lowest BCUT2D eigenvalue weighted by Crippen LogP contribution is -2.26. The molecule has 0 unspecified atom stereocenters. The summed E-state index contributed by atoms with van der Waals surface area (Å²) in [5, 5.41) is 6.55. The number of nitrogens with zero attached hydrogens (tertiary/aromatic N) is 6. The van der Waals surface area contributed by atoms with Gasteiger partial charge < -0.3 is 0 Å². The van der Waals surface area contributed by atoms with Crippen molar-refractivity contribution in [2.45, 2.75) is 32.9 Å². The van der Waals surface area contributed by atoms with Crippen LogP contribution in [0.25, 0.3) is 16.0 Å². The first-order chi connectivity index (χ1) is 11.8. The summed E-state index contributed by atoms with van der Waals surface area (Å²) in [5.74, 6) is 0. The summed E-state index contributed by atoms with van der Waals surface area (Å²) in [4.78, 5) is 34.2. The minimum atomic E-state index is -0.270. The van der Waals surface area contributed by atoms with Crippen molar-refractivity contribution in [3.8, 4) is 0 Å². The molecule has 4 aromatic heterocycles. The Balaban J connectivity index is 1.80. The second kappa shape index (κ2) is 5.35. The summed E-state index contributed by atoms with van der Waals surface area (Å²) < 4.78 is 4.66. The molecule has 0 saturated carbocycles. The van der Waals surface area contributed by atoms with Crippen molar-refractivity contribution in [2.75, 3.05) is 0 Å². The molecule has 4 rings (SSSR count). The van der Waals surface area contributed by atoms with Gasteiger partial charge in [0.15, 0.2) is 10.6 Å². The van der Waals surface area contributed by atoms with Crippen molar-refractivity contribution < 1.29 is 0 Å². The number of fused-ring (bicyclic) bond motifs is 2. The lowest BCUT2D eigenvalue weighted by Gasteiger charge is -2.19. The molecular formula is C16H16N6O2S. The molecule has 4 aromatic rings. The van der Waals surface area contributed by atoms with E-state index in [0.29, 0.717) is 21.7 Å². The molecule has 0 amide bonds. The standard InChI is InChI=1S/C16H16N6O2S/c1-16(2,3)22-13-11(7-18-22)14(24)20(9-17-13)8-10-6-12(23)21-4-5-25-15(21)19-10/h4-7,9H,8H2,1-3H3. The predicted octanol–water partition coefficient (Wildman–Crippen LogP) is 1.47. The Morgan fingerprint density at radius 1 is 1.24 bits per heavy atom. The van der Waals surface area contributed by atoms with Gasteiger partial charge in [-0.05, 0) is 20.8 Å². The third-order valence-electron chi connectivity index (χ3n) is 3.88. The monoisotopic (exact) mass is 356 g/mol. The zero-order valence-electron chi connectivity index (χ0n) is 14.0. The third-order valence-corrected chi connectivity index (χ3v) is 4.64. The van der Waals surface area contributed by atoms with Crippen LogP contribution in [0.1, 0.15) is 26.5 Å². The Kier molecular flexibility index (Phi) is 3.36. The van der Waals surface area contributed by atoms with Crippen LogP contribution in [0.4, 0.5) is 0 Å². The van der Waals surface area contributed by atoms with Crippen molar-refractivity contribution in [1.82, 2.24) is 28.7 Å². The van der Waals surface area contributed by atoms with Crippen LogP contribution in [0.15, 0.2) is 39.8 Å². The Morgan fingerprint density at radius 3 is 2.80 bits per heavy atom. The third kappa shape index (κ3) is 2.56. The van der Waals surface area contributed by atoms with E-state index in [1.807, 2.05) is 20.8 Å². The van der Waals surface area contributed by atoms with Gasteiger partial charge in [-0.1, -0.05) is 0 Å². The molecule has 8 nitrogen and oxygen atoms in total. The number of hydrogen-bond donors (Lipinski definition) is 0. The van der Waals surface area contributed by atoms with E-state index in [0.717, 1.165) is 0 Å². The van der Waals surface area contributed by atoms with Crippen molar-refractivity contribution in [3.05, 3.63) is 56.6 Å². The molecule has 128 valence electrons. The minimum absolute atomic E-state index is 0.163.